The van der Waals surface area contributed by atoms with E-state index in [1.54, 1.807) is 14.2 Å². The third kappa shape index (κ3) is 2.62. The van der Waals surface area contributed by atoms with Gasteiger partial charge in [0.05, 0.1) is 14.2 Å². The minimum atomic E-state index is -0.214. The minimum absolute atomic E-state index is 0.214. The third-order valence-electron chi connectivity index (χ3n) is 5.04. The third-order valence-corrected chi connectivity index (χ3v) is 5.04. The highest BCUT2D eigenvalue weighted by Gasteiger charge is 2.33. The summed E-state index contributed by atoms with van der Waals surface area (Å²) in [5, 5.41) is 3.39. The number of benzene rings is 1. The highest BCUT2D eigenvalue weighted by Crippen LogP contribution is 2.46. The molecule has 0 spiro atoms. The lowest BCUT2D eigenvalue weighted by molar-refractivity contribution is 0.355. The van der Waals surface area contributed by atoms with E-state index in [1.165, 1.54) is 31.3 Å². The van der Waals surface area contributed by atoms with Crippen LogP contribution in [0.3, 0.4) is 0 Å². The maximum atomic E-state index is 11.3. The molecule has 0 heterocycles. The number of allylic oxidation sites excluding steroid dienone is 1. The first-order valence-electron chi connectivity index (χ1n) is 8.06. The van der Waals surface area contributed by atoms with E-state index >= 15 is 0 Å². The van der Waals surface area contributed by atoms with Crippen molar-refractivity contribution in [3.8, 4) is 11.5 Å². The van der Waals surface area contributed by atoms with Crippen LogP contribution in [-0.4, -0.2) is 20.3 Å². The smallest absolute Gasteiger partial charge is 0.161 e. The fraction of sp³-hybridized carbons (Fsp3) is 0.556. The van der Waals surface area contributed by atoms with Gasteiger partial charge in [-0.3, -0.25) is 0 Å². The van der Waals surface area contributed by atoms with Gasteiger partial charge in [-0.2, -0.15) is 4.91 Å². The van der Waals surface area contributed by atoms with Gasteiger partial charge >= 0.3 is 0 Å². The monoisotopic (exact) mass is 301 g/mol. The van der Waals surface area contributed by atoms with E-state index in [0.717, 1.165) is 24.0 Å². The molecule has 3 rings (SSSR count). The molecule has 0 aliphatic heterocycles. The quantitative estimate of drug-likeness (QED) is 0.748. The fourth-order valence-corrected chi connectivity index (χ4v) is 3.97. The Morgan fingerprint density at radius 3 is 2.41 bits per heavy atom. The van der Waals surface area contributed by atoms with Gasteiger partial charge in [0.15, 0.2) is 11.5 Å². The van der Waals surface area contributed by atoms with Gasteiger partial charge in [-0.15, -0.1) is 0 Å². The molecule has 0 bridgehead atoms. The summed E-state index contributed by atoms with van der Waals surface area (Å²) in [5.74, 6) is 2.05. The topological polar surface area (TPSA) is 47.9 Å². The van der Waals surface area contributed by atoms with Gasteiger partial charge < -0.3 is 9.47 Å². The molecule has 0 N–H and O–H groups in total. The van der Waals surface area contributed by atoms with Crippen molar-refractivity contribution < 1.29 is 9.47 Å². The summed E-state index contributed by atoms with van der Waals surface area (Å²) < 4.78 is 10.7. The van der Waals surface area contributed by atoms with Crippen molar-refractivity contribution in [2.24, 2.45) is 11.1 Å². The molecule has 1 saturated carbocycles. The average Bonchev–Trinajstić information content (AvgIpc) is 3.22. The number of hydrogen-bond donors (Lipinski definition) is 0. The molecule has 4 heteroatoms. The number of ether oxygens (including phenoxy) is 2. The molecule has 0 amide bonds. The van der Waals surface area contributed by atoms with Crippen LogP contribution in [0.4, 0.5) is 0 Å². The Kier molecular flexibility index (Phi) is 4.46. The van der Waals surface area contributed by atoms with Crippen LogP contribution >= 0.6 is 0 Å². The first kappa shape index (κ1) is 15.1. The van der Waals surface area contributed by atoms with Crippen LogP contribution in [0.1, 0.15) is 44.1 Å². The van der Waals surface area contributed by atoms with Crippen molar-refractivity contribution in [1.82, 2.24) is 0 Å². The second-order valence-corrected chi connectivity index (χ2v) is 6.15. The van der Waals surface area contributed by atoms with E-state index in [2.05, 4.69) is 5.18 Å². The van der Waals surface area contributed by atoms with Crippen molar-refractivity contribution in [2.45, 2.75) is 44.6 Å². The number of nitrogens with zero attached hydrogens (tertiary/aromatic N) is 1. The van der Waals surface area contributed by atoms with Crippen LogP contribution in [0.25, 0.3) is 5.57 Å². The lowest BCUT2D eigenvalue weighted by Crippen LogP contribution is -2.04. The van der Waals surface area contributed by atoms with Gasteiger partial charge in [-0.05, 0) is 54.9 Å². The summed E-state index contributed by atoms with van der Waals surface area (Å²) in [6, 6.07) is 5.70. The first-order chi connectivity index (χ1) is 10.8. The molecule has 1 aromatic carbocycles. The lowest BCUT2D eigenvalue weighted by atomic mass is 9.90. The predicted molar refractivity (Wildman–Crippen MR) is 87.2 cm³/mol. The Bertz CT molecular complexity index is 588. The molecule has 118 valence electrons. The number of rotatable bonds is 5. The largest absolute Gasteiger partial charge is 0.493 e. The molecule has 4 nitrogen and oxygen atoms in total. The Hall–Kier alpha value is -1.84. The normalized spacial score (nSPS) is 22.2. The zero-order valence-corrected chi connectivity index (χ0v) is 13.3. The molecule has 0 aromatic heterocycles. The van der Waals surface area contributed by atoms with Crippen molar-refractivity contribution in [1.29, 1.82) is 0 Å². The Balaban J connectivity index is 2.04. The number of methoxy groups -OCH3 is 2. The zero-order valence-electron chi connectivity index (χ0n) is 13.3. The molecule has 22 heavy (non-hydrogen) atoms. The highest BCUT2D eigenvalue weighted by atomic mass is 16.5. The Labute approximate surface area is 131 Å². The van der Waals surface area contributed by atoms with Gasteiger partial charge in [0.2, 0.25) is 0 Å². The molecular formula is C18H23NO3. The summed E-state index contributed by atoms with van der Waals surface area (Å²) in [6.07, 6.45) is 6.94. The summed E-state index contributed by atoms with van der Waals surface area (Å²) in [7, 11) is 3.27. The van der Waals surface area contributed by atoms with Crippen LogP contribution in [0, 0.1) is 10.8 Å². The molecule has 1 unspecified atom stereocenters. The number of nitroso groups, excluding NO2 is 1. The fourth-order valence-electron chi connectivity index (χ4n) is 3.97. The van der Waals surface area contributed by atoms with Crippen LogP contribution in [0.2, 0.25) is 0 Å². The van der Waals surface area contributed by atoms with Gasteiger partial charge in [0.25, 0.3) is 0 Å². The van der Waals surface area contributed by atoms with E-state index in [-0.39, 0.29) is 6.04 Å². The van der Waals surface area contributed by atoms with Gasteiger partial charge in [-0.25, -0.2) is 0 Å². The van der Waals surface area contributed by atoms with E-state index in [1.807, 2.05) is 18.2 Å². The van der Waals surface area contributed by atoms with Crippen LogP contribution in [0.15, 0.2) is 28.9 Å². The van der Waals surface area contributed by atoms with Crippen molar-refractivity contribution in [3.05, 3.63) is 34.2 Å². The summed E-state index contributed by atoms with van der Waals surface area (Å²) in [4.78, 5) is 11.3. The first-order valence-corrected chi connectivity index (χ1v) is 8.06. The van der Waals surface area contributed by atoms with Crippen molar-refractivity contribution in [2.75, 3.05) is 14.2 Å². The molecule has 0 saturated heterocycles. The summed E-state index contributed by atoms with van der Waals surface area (Å²) in [5.41, 5.74) is 3.65. The second kappa shape index (κ2) is 6.51. The van der Waals surface area contributed by atoms with E-state index in [9.17, 15) is 4.91 Å². The minimum Gasteiger partial charge on any atom is -0.493 e. The standard InChI is InChI=1S/C18H23NO3/c1-21-16-10-7-13(11-17(16)22-2)18-14(8-9-15(18)19-20)12-5-3-4-6-12/h7,10-12,15H,3-6,8-9H2,1-2H3. The summed E-state index contributed by atoms with van der Waals surface area (Å²) in [6.45, 7) is 0. The molecular weight excluding hydrogens is 278 g/mol. The van der Waals surface area contributed by atoms with Gasteiger partial charge in [-0.1, -0.05) is 29.7 Å². The molecule has 1 aromatic rings. The molecule has 2 aliphatic carbocycles. The maximum absolute atomic E-state index is 11.3. The van der Waals surface area contributed by atoms with Crippen LogP contribution in [-0.2, 0) is 0 Å². The molecule has 0 radical (unpaired) electrons. The molecule has 1 atom stereocenters. The Morgan fingerprint density at radius 1 is 1.05 bits per heavy atom. The lowest BCUT2D eigenvalue weighted by Gasteiger charge is -2.17. The SMILES string of the molecule is COc1ccc(C2=C(C3CCCC3)CCC2N=O)cc1OC. The number of hydrogen-bond acceptors (Lipinski definition) is 4. The van der Waals surface area contributed by atoms with Crippen molar-refractivity contribution >= 4 is 5.57 Å². The molecule has 1 fully saturated rings. The predicted octanol–water partition coefficient (Wildman–Crippen LogP) is 4.58. The molecule has 2 aliphatic rings. The van der Waals surface area contributed by atoms with Gasteiger partial charge in [0.1, 0.15) is 6.04 Å². The van der Waals surface area contributed by atoms with Crippen molar-refractivity contribution in [3.63, 3.8) is 0 Å². The van der Waals surface area contributed by atoms with E-state index in [4.69, 9.17) is 9.47 Å². The van der Waals surface area contributed by atoms with Crippen LogP contribution in [0.5, 0.6) is 11.5 Å². The van der Waals surface area contributed by atoms with Crippen LogP contribution < -0.4 is 9.47 Å². The summed E-state index contributed by atoms with van der Waals surface area (Å²) >= 11 is 0. The maximum Gasteiger partial charge on any atom is 0.161 e. The van der Waals surface area contributed by atoms with Gasteiger partial charge in [0, 0.05) is 0 Å². The zero-order chi connectivity index (χ0) is 15.5. The highest BCUT2D eigenvalue weighted by molar-refractivity contribution is 5.76. The van der Waals surface area contributed by atoms with E-state index in [0.29, 0.717) is 17.4 Å². The van der Waals surface area contributed by atoms with E-state index < -0.39 is 0 Å². The average molecular weight is 301 g/mol. The second-order valence-electron chi connectivity index (χ2n) is 6.15. The Morgan fingerprint density at radius 2 is 1.77 bits per heavy atom.